The predicted molar refractivity (Wildman–Crippen MR) is 93.2 cm³/mol. The summed E-state index contributed by atoms with van der Waals surface area (Å²) < 4.78 is 47.5. The maximum absolute atomic E-state index is 14.6. The molecule has 26 heavy (non-hydrogen) atoms. The van der Waals surface area contributed by atoms with Gasteiger partial charge in [-0.1, -0.05) is 27.2 Å². The second-order valence-electron chi connectivity index (χ2n) is 6.39. The Morgan fingerprint density at radius 3 is 2.58 bits per heavy atom. The molecule has 0 amide bonds. The minimum atomic E-state index is -1.11. The van der Waals surface area contributed by atoms with Gasteiger partial charge in [-0.2, -0.15) is 4.39 Å². The summed E-state index contributed by atoms with van der Waals surface area (Å²) >= 11 is 0. The van der Waals surface area contributed by atoms with E-state index in [-0.39, 0.29) is 30.1 Å². The van der Waals surface area contributed by atoms with E-state index in [0.717, 1.165) is 25.0 Å². The summed E-state index contributed by atoms with van der Waals surface area (Å²) in [4.78, 5) is 15.6. The maximum atomic E-state index is 14.6. The number of carbonyl (C=O) groups is 1. The molecular formula is C20H22F3NO2. The van der Waals surface area contributed by atoms with E-state index in [1.54, 1.807) is 0 Å². The molecule has 3 nitrogen and oxygen atoms in total. The van der Waals surface area contributed by atoms with Crippen molar-refractivity contribution in [1.82, 2.24) is 4.98 Å². The summed E-state index contributed by atoms with van der Waals surface area (Å²) in [5, 5.41) is 0. The Morgan fingerprint density at radius 2 is 1.96 bits per heavy atom. The zero-order valence-corrected chi connectivity index (χ0v) is 15.1. The molecule has 1 aromatic carbocycles. The van der Waals surface area contributed by atoms with Crippen molar-refractivity contribution in [2.75, 3.05) is 6.61 Å². The van der Waals surface area contributed by atoms with Crippen molar-refractivity contribution < 1.29 is 22.7 Å². The number of hydrogen-bond acceptors (Lipinski definition) is 3. The van der Waals surface area contributed by atoms with Gasteiger partial charge in [0.25, 0.3) is 0 Å². The zero-order valence-electron chi connectivity index (χ0n) is 15.1. The van der Waals surface area contributed by atoms with Crippen LogP contribution in [0.1, 0.15) is 50.7 Å². The molecule has 0 N–H and O–H groups in total. The van der Waals surface area contributed by atoms with Crippen molar-refractivity contribution in [1.29, 1.82) is 0 Å². The van der Waals surface area contributed by atoms with Gasteiger partial charge < -0.3 is 4.74 Å². The van der Waals surface area contributed by atoms with Crippen LogP contribution in [0.5, 0.6) is 0 Å². The first-order chi connectivity index (χ1) is 12.3. The predicted octanol–water partition coefficient (Wildman–Crippen LogP) is 5.18. The molecule has 0 saturated heterocycles. The number of ether oxygens (including phenoxy) is 1. The summed E-state index contributed by atoms with van der Waals surface area (Å²) in [6, 6.07) is 3.50. The van der Waals surface area contributed by atoms with Crippen molar-refractivity contribution in [3.05, 3.63) is 53.1 Å². The molecule has 2 aromatic rings. The number of hydrogen-bond donors (Lipinski definition) is 0. The standard InChI is InChI=1S/C20H22F3NO2/c1-4-5-8-26-18(25)11-15-14(12(2)3)10-16(21)20(23)19(15)13-6-7-24-17(22)9-13/h6-7,9-10,12H,4-5,8,11H2,1-3H3. The quantitative estimate of drug-likeness (QED) is 0.386. The fourth-order valence-electron chi connectivity index (χ4n) is 2.77. The van der Waals surface area contributed by atoms with E-state index >= 15 is 0 Å². The maximum Gasteiger partial charge on any atom is 0.310 e. The minimum Gasteiger partial charge on any atom is -0.465 e. The first-order valence-corrected chi connectivity index (χ1v) is 8.63. The summed E-state index contributed by atoms with van der Waals surface area (Å²) in [6.07, 6.45) is 2.56. The van der Waals surface area contributed by atoms with E-state index < -0.39 is 23.6 Å². The SMILES string of the molecule is CCCCOC(=O)Cc1c(C(C)C)cc(F)c(F)c1-c1ccnc(F)c1. The van der Waals surface area contributed by atoms with Gasteiger partial charge in [-0.15, -0.1) is 0 Å². The Hall–Kier alpha value is -2.37. The van der Waals surface area contributed by atoms with Crippen LogP contribution in [0.15, 0.2) is 24.4 Å². The lowest BCUT2D eigenvalue weighted by molar-refractivity contribution is -0.142. The molecule has 1 aromatic heterocycles. The van der Waals surface area contributed by atoms with Crippen molar-refractivity contribution in [3.8, 4) is 11.1 Å². The lowest BCUT2D eigenvalue weighted by Crippen LogP contribution is -2.14. The molecule has 0 aliphatic carbocycles. The molecule has 0 fully saturated rings. The first kappa shape index (κ1) is 19.9. The van der Waals surface area contributed by atoms with Gasteiger partial charge in [0.15, 0.2) is 11.6 Å². The summed E-state index contributed by atoms with van der Waals surface area (Å²) in [7, 11) is 0. The van der Waals surface area contributed by atoms with Crippen molar-refractivity contribution >= 4 is 5.97 Å². The normalized spacial score (nSPS) is 11.0. The van der Waals surface area contributed by atoms with Crippen LogP contribution >= 0.6 is 0 Å². The molecule has 6 heteroatoms. The molecule has 0 bridgehead atoms. The average molecular weight is 365 g/mol. The van der Waals surface area contributed by atoms with Crippen molar-refractivity contribution in [3.63, 3.8) is 0 Å². The van der Waals surface area contributed by atoms with Crippen LogP contribution in [0.2, 0.25) is 0 Å². The third-order valence-corrected chi connectivity index (χ3v) is 4.08. The highest BCUT2D eigenvalue weighted by Gasteiger charge is 2.24. The second-order valence-corrected chi connectivity index (χ2v) is 6.39. The number of carbonyl (C=O) groups excluding carboxylic acids is 1. The average Bonchev–Trinajstić information content (AvgIpc) is 2.58. The van der Waals surface area contributed by atoms with Gasteiger partial charge in [0, 0.05) is 17.8 Å². The zero-order chi connectivity index (χ0) is 19.3. The number of nitrogens with zero attached hydrogens (tertiary/aromatic N) is 1. The van der Waals surface area contributed by atoms with E-state index in [1.165, 1.54) is 12.3 Å². The van der Waals surface area contributed by atoms with Crippen molar-refractivity contribution in [2.45, 2.75) is 46.0 Å². The molecule has 0 aliphatic rings. The molecule has 0 unspecified atom stereocenters. The Bertz CT molecular complexity index is 791. The van der Waals surface area contributed by atoms with E-state index in [0.29, 0.717) is 11.1 Å². The molecule has 0 atom stereocenters. The number of benzene rings is 1. The molecule has 0 spiro atoms. The van der Waals surface area contributed by atoms with Crippen molar-refractivity contribution in [2.24, 2.45) is 0 Å². The molecular weight excluding hydrogens is 343 g/mol. The summed E-state index contributed by atoms with van der Waals surface area (Å²) in [5.41, 5.74) is 0.810. The fraction of sp³-hybridized carbons (Fsp3) is 0.400. The molecule has 2 rings (SSSR count). The molecule has 0 radical (unpaired) electrons. The Morgan fingerprint density at radius 1 is 1.23 bits per heavy atom. The van der Waals surface area contributed by atoms with Crippen LogP contribution < -0.4 is 0 Å². The third-order valence-electron chi connectivity index (χ3n) is 4.08. The topological polar surface area (TPSA) is 39.2 Å². The third kappa shape index (κ3) is 4.62. The van der Waals surface area contributed by atoms with Crippen LogP contribution in [0.25, 0.3) is 11.1 Å². The smallest absolute Gasteiger partial charge is 0.310 e. The largest absolute Gasteiger partial charge is 0.465 e. The van der Waals surface area contributed by atoms with Crippen LogP contribution in [0, 0.1) is 17.6 Å². The number of aromatic nitrogens is 1. The van der Waals surface area contributed by atoms with Gasteiger partial charge in [0.2, 0.25) is 5.95 Å². The summed E-state index contributed by atoms with van der Waals surface area (Å²) in [6.45, 7) is 5.87. The van der Waals surface area contributed by atoms with Crippen LogP contribution in [-0.2, 0) is 16.0 Å². The first-order valence-electron chi connectivity index (χ1n) is 8.63. The number of rotatable bonds is 7. The van der Waals surface area contributed by atoms with E-state index in [1.807, 2.05) is 20.8 Å². The molecule has 1 heterocycles. The Kier molecular flexibility index (Phi) is 6.77. The lowest BCUT2D eigenvalue weighted by Gasteiger charge is -2.19. The monoisotopic (exact) mass is 365 g/mol. The number of esters is 1. The summed E-state index contributed by atoms with van der Waals surface area (Å²) in [5.74, 6) is -3.65. The van der Waals surface area contributed by atoms with Gasteiger partial charge in [-0.05, 0) is 41.2 Å². The van der Waals surface area contributed by atoms with Crippen LogP contribution in [0.3, 0.4) is 0 Å². The number of unbranched alkanes of at least 4 members (excludes halogenated alkanes) is 1. The van der Waals surface area contributed by atoms with Gasteiger partial charge >= 0.3 is 5.97 Å². The Labute approximate surface area is 151 Å². The van der Waals surface area contributed by atoms with E-state index in [9.17, 15) is 18.0 Å². The molecule has 0 saturated carbocycles. The number of halogens is 3. The van der Waals surface area contributed by atoms with Crippen LogP contribution in [-0.4, -0.2) is 17.6 Å². The van der Waals surface area contributed by atoms with Gasteiger partial charge in [0.05, 0.1) is 13.0 Å². The fourth-order valence-corrected chi connectivity index (χ4v) is 2.77. The highest BCUT2D eigenvalue weighted by Crippen LogP contribution is 2.35. The van der Waals surface area contributed by atoms with Gasteiger partial charge in [-0.25, -0.2) is 13.8 Å². The highest BCUT2D eigenvalue weighted by atomic mass is 19.2. The highest BCUT2D eigenvalue weighted by molar-refractivity contribution is 5.79. The lowest BCUT2D eigenvalue weighted by atomic mass is 9.88. The molecule has 0 aliphatic heterocycles. The number of pyridine rings is 1. The Balaban J connectivity index is 2.55. The van der Waals surface area contributed by atoms with Gasteiger partial charge in [0.1, 0.15) is 0 Å². The second kappa shape index (κ2) is 8.83. The van der Waals surface area contributed by atoms with E-state index in [4.69, 9.17) is 4.74 Å². The minimum absolute atomic E-state index is 0.123. The molecule has 140 valence electrons. The van der Waals surface area contributed by atoms with Crippen LogP contribution in [0.4, 0.5) is 13.2 Å². The van der Waals surface area contributed by atoms with Gasteiger partial charge in [-0.3, -0.25) is 4.79 Å². The van der Waals surface area contributed by atoms with E-state index in [2.05, 4.69) is 4.98 Å².